The van der Waals surface area contributed by atoms with E-state index >= 15 is 0 Å². The van der Waals surface area contributed by atoms with Crippen LogP contribution in [0.4, 0.5) is 4.39 Å². The molecule has 6 nitrogen and oxygen atoms in total. The molecule has 1 fully saturated rings. The molecule has 1 aromatic carbocycles. The molecule has 0 amide bonds. The molecule has 0 heterocycles. The molecule has 180 valence electrons. The summed E-state index contributed by atoms with van der Waals surface area (Å²) in [6.45, 7) is 11.4. The predicted molar refractivity (Wildman–Crippen MR) is 117 cm³/mol. The van der Waals surface area contributed by atoms with Gasteiger partial charge in [-0.1, -0.05) is 50.5 Å². The Balaban J connectivity index is 0.00000311. The maximum absolute atomic E-state index is 14.5. The van der Waals surface area contributed by atoms with Crippen LogP contribution in [0.5, 0.6) is 5.75 Å². The van der Waals surface area contributed by atoms with Crippen molar-refractivity contribution < 1.29 is 65.8 Å². The van der Waals surface area contributed by atoms with Crippen LogP contribution in [0.3, 0.4) is 0 Å². The molecule has 0 saturated heterocycles. The summed E-state index contributed by atoms with van der Waals surface area (Å²) in [4.78, 5) is 11.4. The van der Waals surface area contributed by atoms with Gasteiger partial charge < -0.3 is 28.3 Å². The summed E-state index contributed by atoms with van der Waals surface area (Å²) in [5.41, 5.74) is -0.863. The van der Waals surface area contributed by atoms with E-state index in [2.05, 4.69) is 20.3 Å². The van der Waals surface area contributed by atoms with Crippen molar-refractivity contribution in [1.82, 2.24) is 0 Å². The Bertz CT molecular complexity index is 699. The van der Waals surface area contributed by atoms with E-state index in [0.717, 1.165) is 32.1 Å². The second kappa shape index (κ2) is 14.6. The van der Waals surface area contributed by atoms with Crippen LogP contribution in [-0.4, -0.2) is 33.0 Å². The normalized spacial score (nSPS) is 22.6. The molecule has 0 aliphatic heterocycles. The van der Waals surface area contributed by atoms with Crippen molar-refractivity contribution in [3.05, 3.63) is 42.9 Å². The monoisotopic (exact) mass is 678 g/mol. The number of rotatable bonds is 9. The number of hydrogen-bond acceptors (Lipinski definition) is 5. The number of ether oxygens (including phenoxy) is 1. The van der Waals surface area contributed by atoms with Gasteiger partial charge in [0.2, 0.25) is 0 Å². The zero-order valence-corrected chi connectivity index (χ0v) is 23.6. The van der Waals surface area contributed by atoms with Gasteiger partial charge in [-0.2, -0.15) is 19.3 Å². The molecule has 0 spiro atoms. The third kappa shape index (κ3) is 7.99. The molecule has 2 rings (SSSR count). The van der Waals surface area contributed by atoms with Crippen molar-refractivity contribution in [1.29, 1.82) is 0 Å². The number of aliphatic hydroxyl groups excluding tert-OH is 1. The van der Waals surface area contributed by atoms with Crippen molar-refractivity contribution in [2.45, 2.75) is 71.5 Å². The predicted octanol–water partition coefficient (Wildman–Crippen LogP) is 5.41. The van der Waals surface area contributed by atoms with Gasteiger partial charge in [0.15, 0.2) is 17.9 Å². The SMILES string of the molecule is OO.[CH2-]C1C(CC[CH-]C)CCCC1C(C)C(O)Oc1ccc(C(C)(C)C(=O)O)cc1F.[U+2]. The largest absolute Gasteiger partial charge is 2.00 e. The number of hydrogen-bond donors (Lipinski definition) is 4. The van der Waals surface area contributed by atoms with E-state index in [-0.39, 0.29) is 54.6 Å². The van der Waals surface area contributed by atoms with E-state index in [0.29, 0.717) is 11.5 Å². The molecule has 1 aliphatic carbocycles. The van der Waals surface area contributed by atoms with E-state index in [1.807, 2.05) is 6.92 Å². The summed E-state index contributed by atoms with van der Waals surface area (Å²) in [5, 5.41) is 31.9. The molecule has 1 aromatic rings. The van der Waals surface area contributed by atoms with Crippen molar-refractivity contribution in [3.63, 3.8) is 0 Å². The minimum atomic E-state index is -1.21. The fourth-order valence-corrected chi connectivity index (χ4v) is 4.34. The maximum atomic E-state index is 14.5. The zero-order chi connectivity index (χ0) is 23.8. The molecule has 1 aliphatic rings. The van der Waals surface area contributed by atoms with Gasteiger partial charge in [0.05, 0.1) is 5.41 Å². The van der Waals surface area contributed by atoms with E-state index in [9.17, 15) is 19.4 Å². The zero-order valence-electron chi connectivity index (χ0n) is 19.4. The van der Waals surface area contributed by atoms with Crippen molar-refractivity contribution in [2.75, 3.05) is 0 Å². The summed E-state index contributed by atoms with van der Waals surface area (Å²) in [6.07, 6.45) is 6.47. The maximum Gasteiger partial charge on any atom is 2.00 e. The van der Waals surface area contributed by atoms with Gasteiger partial charge in [-0.15, -0.1) is 0 Å². The summed E-state index contributed by atoms with van der Waals surface area (Å²) in [5.74, 6) is -0.964. The molecule has 1 saturated carbocycles. The molecular formula is C24H37FO6U. The number of carboxylic acid groups (broad SMARTS) is 1. The molecule has 0 bridgehead atoms. The number of unbranched alkanes of at least 4 members (excludes halogenated alkanes) is 1. The van der Waals surface area contributed by atoms with Gasteiger partial charge in [-0.3, -0.25) is 15.3 Å². The Morgan fingerprint density at radius 1 is 1.34 bits per heavy atom. The van der Waals surface area contributed by atoms with E-state index < -0.39 is 23.5 Å². The van der Waals surface area contributed by atoms with Crippen LogP contribution >= 0.6 is 0 Å². The summed E-state index contributed by atoms with van der Waals surface area (Å²) in [7, 11) is 0. The quantitative estimate of drug-likeness (QED) is 0.121. The number of aliphatic hydroxyl groups is 1. The van der Waals surface area contributed by atoms with Gasteiger partial charge in [0.1, 0.15) is 0 Å². The minimum Gasteiger partial charge on any atom is -0.481 e. The molecule has 5 atom stereocenters. The topological polar surface area (TPSA) is 107 Å². The second-order valence-electron chi connectivity index (χ2n) is 8.95. The number of benzene rings is 1. The van der Waals surface area contributed by atoms with Crippen molar-refractivity contribution >= 4 is 5.97 Å². The van der Waals surface area contributed by atoms with Gasteiger partial charge in [0, 0.05) is 5.92 Å². The van der Waals surface area contributed by atoms with E-state index in [1.165, 1.54) is 32.0 Å². The third-order valence-electron chi connectivity index (χ3n) is 6.66. The van der Waals surface area contributed by atoms with Crippen molar-refractivity contribution in [2.24, 2.45) is 23.7 Å². The Hall–Kier alpha value is -0.648. The second-order valence-corrected chi connectivity index (χ2v) is 8.95. The van der Waals surface area contributed by atoms with Crippen LogP contribution in [0.25, 0.3) is 0 Å². The molecular weight excluding hydrogens is 641 g/mol. The standard InChI is InChI=1S/C24H35FO4.H2O2.U/c1-6-7-9-17-10-8-11-19(15(17)2)16(3)22(26)29-21-13-12-18(14-20(21)25)24(4,5)23(27)28;1-2;/h6,12-17,19,22,26H,2,7-11H2,1,3-5H3,(H,27,28);1-2H;/q-2;;+2. The first kappa shape index (κ1) is 31.4. The average molecular weight is 679 g/mol. The molecule has 0 aromatic heterocycles. The summed E-state index contributed by atoms with van der Waals surface area (Å²) >= 11 is 0. The Morgan fingerprint density at radius 3 is 2.50 bits per heavy atom. The van der Waals surface area contributed by atoms with Gasteiger partial charge in [-0.25, -0.2) is 4.39 Å². The van der Waals surface area contributed by atoms with E-state index in [4.69, 9.17) is 15.3 Å². The van der Waals surface area contributed by atoms with Crippen LogP contribution < -0.4 is 4.74 Å². The summed E-state index contributed by atoms with van der Waals surface area (Å²) < 4.78 is 20.1. The molecule has 8 heteroatoms. The first-order chi connectivity index (χ1) is 14.6. The van der Waals surface area contributed by atoms with E-state index in [1.54, 1.807) is 0 Å². The Labute approximate surface area is 214 Å². The number of aliphatic carboxylic acids is 1. The molecule has 4 N–H and O–H groups in total. The molecule has 5 unspecified atom stereocenters. The fraction of sp³-hybridized carbons (Fsp3) is 0.625. The van der Waals surface area contributed by atoms with Crippen LogP contribution in [0.15, 0.2) is 18.2 Å². The Kier molecular flexibility index (Phi) is 14.3. The Morgan fingerprint density at radius 2 is 1.97 bits per heavy atom. The van der Waals surface area contributed by atoms with Crippen LogP contribution in [0, 0.1) is 73.9 Å². The fourth-order valence-electron chi connectivity index (χ4n) is 4.34. The smallest absolute Gasteiger partial charge is 0.481 e. The molecule has 32 heavy (non-hydrogen) atoms. The van der Waals surface area contributed by atoms with Crippen LogP contribution in [0.1, 0.15) is 65.4 Å². The number of halogens is 1. The van der Waals surface area contributed by atoms with Gasteiger partial charge in [0.25, 0.3) is 0 Å². The van der Waals surface area contributed by atoms with Crippen LogP contribution in [-0.2, 0) is 10.2 Å². The first-order valence-electron chi connectivity index (χ1n) is 10.8. The number of carboxylic acids is 1. The van der Waals surface area contributed by atoms with Crippen molar-refractivity contribution in [3.8, 4) is 5.75 Å². The minimum absolute atomic E-state index is 0. The third-order valence-corrected chi connectivity index (χ3v) is 6.66. The van der Waals surface area contributed by atoms with Crippen LogP contribution in [0.2, 0.25) is 0 Å². The number of carbonyl (C=O) groups is 1. The summed E-state index contributed by atoms with van der Waals surface area (Å²) in [6, 6.07) is 4.10. The first-order valence-corrected chi connectivity index (χ1v) is 10.8. The molecule has 0 radical (unpaired) electrons. The average Bonchev–Trinajstić information content (AvgIpc) is 2.75. The van der Waals surface area contributed by atoms with Gasteiger partial charge >= 0.3 is 37.1 Å². The van der Waals surface area contributed by atoms with Gasteiger partial charge in [-0.05, 0) is 31.5 Å².